The molecule has 0 N–H and O–H groups in total. The molecule has 0 amide bonds. The number of thiophene rings is 1. The molecule has 1 aliphatic carbocycles. The first-order valence-electron chi connectivity index (χ1n) is 8.80. The number of fused-ring (bicyclic) bond motifs is 4. The highest BCUT2D eigenvalue weighted by molar-refractivity contribution is 7.18. The molecule has 0 atom stereocenters. The number of hydrogen-bond acceptors (Lipinski definition) is 6. The predicted molar refractivity (Wildman–Crippen MR) is 105 cm³/mol. The summed E-state index contributed by atoms with van der Waals surface area (Å²) in [6.45, 7) is 0.620. The SMILES string of the molecule is O=c1c2c3c(sc2ncn1/N=C\c1cc(Cl)cc2c1OCOC2)CCCC3. The van der Waals surface area contributed by atoms with Crippen LogP contribution in [0.4, 0.5) is 0 Å². The van der Waals surface area contributed by atoms with Gasteiger partial charge in [0.05, 0.1) is 18.2 Å². The van der Waals surface area contributed by atoms with Gasteiger partial charge in [-0.05, 0) is 43.4 Å². The fraction of sp³-hybridized carbons (Fsp3) is 0.316. The van der Waals surface area contributed by atoms with E-state index in [9.17, 15) is 4.79 Å². The van der Waals surface area contributed by atoms with Crippen molar-refractivity contribution in [1.29, 1.82) is 0 Å². The molecule has 27 heavy (non-hydrogen) atoms. The molecule has 0 saturated carbocycles. The molecule has 3 heterocycles. The summed E-state index contributed by atoms with van der Waals surface area (Å²) in [5.74, 6) is 0.685. The van der Waals surface area contributed by atoms with Gasteiger partial charge in [0.1, 0.15) is 16.9 Å². The molecule has 0 radical (unpaired) electrons. The molecule has 0 fully saturated rings. The van der Waals surface area contributed by atoms with Gasteiger partial charge in [-0.15, -0.1) is 11.3 Å². The minimum atomic E-state index is -0.129. The highest BCUT2D eigenvalue weighted by Gasteiger charge is 2.20. The van der Waals surface area contributed by atoms with Crippen LogP contribution in [0.5, 0.6) is 5.75 Å². The van der Waals surface area contributed by atoms with Gasteiger partial charge in [0.2, 0.25) is 0 Å². The lowest BCUT2D eigenvalue weighted by molar-refractivity contribution is -0.0164. The van der Waals surface area contributed by atoms with Crippen molar-refractivity contribution in [2.45, 2.75) is 32.3 Å². The quantitative estimate of drug-likeness (QED) is 0.613. The molecule has 5 rings (SSSR count). The molecule has 8 heteroatoms. The maximum atomic E-state index is 13.0. The van der Waals surface area contributed by atoms with Gasteiger partial charge in [-0.1, -0.05) is 11.6 Å². The van der Waals surface area contributed by atoms with Crippen LogP contribution in [-0.4, -0.2) is 22.7 Å². The lowest BCUT2D eigenvalue weighted by Gasteiger charge is -2.19. The third kappa shape index (κ3) is 2.96. The van der Waals surface area contributed by atoms with Crippen LogP contribution in [0.1, 0.15) is 34.4 Å². The maximum absolute atomic E-state index is 13.0. The van der Waals surface area contributed by atoms with E-state index >= 15 is 0 Å². The lowest BCUT2D eigenvalue weighted by Crippen LogP contribution is -2.18. The van der Waals surface area contributed by atoms with E-state index in [1.165, 1.54) is 22.3 Å². The van der Waals surface area contributed by atoms with Gasteiger partial charge in [0, 0.05) is 21.0 Å². The molecule has 0 spiro atoms. The molecular formula is C19H16ClN3O3S. The fourth-order valence-electron chi connectivity index (χ4n) is 3.65. The van der Waals surface area contributed by atoms with Crippen LogP contribution < -0.4 is 10.3 Å². The van der Waals surface area contributed by atoms with E-state index in [1.54, 1.807) is 23.6 Å². The predicted octanol–water partition coefficient (Wildman–Crippen LogP) is 3.74. The van der Waals surface area contributed by atoms with E-state index < -0.39 is 0 Å². The maximum Gasteiger partial charge on any atom is 0.282 e. The highest BCUT2D eigenvalue weighted by Crippen LogP contribution is 2.33. The summed E-state index contributed by atoms with van der Waals surface area (Å²) in [7, 11) is 0. The van der Waals surface area contributed by atoms with Crippen molar-refractivity contribution < 1.29 is 9.47 Å². The van der Waals surface area contributed by atoms with Crippen molar-refractivity contribution >= 4 is 39.4 Å². The van der Waals surface area contributed by atoms with E-state index in [1.807, 2.05) is 6.07 Å². The molecule has 0 saturated heterocycles. The second-order valence-electron chi connectivity index (χ2n) is 6.62. The first-order chi connectivity index (χ1) is 13.2. The van der Waals surface area contributed by atoms with Crippen molar-refractivity contribution in [3.8, 4) is 5.75 Å². The summed E-state index contributed by atoms with van der Waals surface area (Å²) in [6, 6.07) is 3.57. The summed E-state index contributed by atoms with van der Waals surface area (Å²) in [4.78, 5) is 19.5. The van der Waals surface area contributed by atoms with Crippen LogP contribution in [0.2, 0.25) is 5.02 Å². The van der Waals surface area contributed by atoms with Crippen LogP contribution in [0.3, 0.4) is 0 Å². The number of aryl methyl sites for hydroxylation is 2. The molecule has 1 aliphatic heterocycles. The number of hydrogen-bond donors (Lipinski definition) is 0. The van der Waals surface area contributed by atoms with E-state index in [4.69, 9.17) is 21.1 Å². The zero-order valence-corrected chi connectivity index (χ0v) is 16.0. The van der Waals surface area contributed by atoms with Gasteiger partial charge in [-0.25, -0.2) is 4.98 Å². The Morgan fingerprint density at radius 2 is 2.19 bits per heavy atom. The number of halogens is 1. The number of nitrogens with zero attached hydrogens (tertiary/aromatic N) is 3. The lowest BCUT2D eigenvalue weighted by atomic mass is 9.97. The molecule has 3 aromatic rings. The normalized spacial score (nSPS) is 16.3. The molecule has 2 aromatic heterocycles. The van der Waals surface area contributed by atoms with Crippen LogP contribution in [0.25, 0.3) is 10.2 Å². The Morgan fingerprint density at radius 3 is 3.11 bits per heavy atom. The Balaban J connectivity index is 1.58. The first kappa shape index (κ1) is 16.9. The number of rotatable bonds is 2. The fourth-order valence-corrected chi connectivity index (χ4v) is 5.12. The average molecular weight is 402 g/mol. The number of aromatic nitrogens is 2. The van der Waals surface area contributed by atoms with Crippen molar-refractivity contribution in [3.63, 3.8) is 0 Å². The topological polar surface area (TPSA) is 65.7 Å². The average Bonchev–Trinajstić information content (AvgIpc) is 3.06. The Bertz CT molecular complexity index is 1140. The zero-order chi connectivity index (χ0) is 18.4. The van der Waals surface area contributed by atoms with E-state index in [0.29, 0.717) is 28.3 Å². The first-order valence-corrected chi connectivity index (χ1v) is 9.99. The Kier molecular flexibility index (Phi) is 4.22. The summed E-state index contributed by atoms with van der Waals surface area (Å²) in [5.41, 5.74) is 2.60. The monoisotopic (exact) mass is 401 g/mol. The molecule has 2 aliphatic rings. The van der Waals surface area contributed by atoms with E-state index in [0.717, 1.165) is 35.2 Å². The van der Waals surface area contributed by atoms with Gasteiger partial charge in [0.15, 0.2) is 6.79 Å². The molecule has 0 unspecified atom stereocenters. The molecule has 138 valence electrons. The molecule has 6 nitrogen and oxygen atoms in total. The summed E-state index contributed by atoms with van der Waals surface area (Å²) >= 11 is 7.82. The van der Waals surface area contributed by atoms with Gasteiger partial charge in [0.25, 0.3) is 5.56 Å². The zero-order valence-electron chi connectivity index (χ0n) is 14.4. The summed E-state index contributed by atoms with van der Waals surface area (Å²) in [5, 5.41) is 5.63. The molecule has 0 bridgehead atoms. The minimum Gasteiger partial charge on any atom is -0.466 e. The van der Waals surface area contributed by atoms with Crippen molar-refractivity contribution in [1.82, 2.24) is 9.66 Å². The molecular weight excluding hydrogens is 386 g/mol. The second-order valence-corrected chi connectivity index (χ2v) is 8.14. The Morgan fingerprint density at radius 1 is 1.30 bits per heavy atom. The third-order valence-electron chi connectivity index (χ3n) is 4.88. The minimum absolute atomic E-state index is 0.129. The smallest absolute Gasteiger partial charge is 0.282 e. The summed E-state index contributed by atoms with van der Waals surface area (Å²) in [6.07, 6.45) is 7.33. The van der Waals surface area contributed by atoms with Crippen LogP contribution in [0, 0.1) is 0 Å². The largest absolute Gasteiger partial charge is 0.466 e. The number of ether oxygens (including phenoxy) is 2. The van der Waals surface area contributed by atoms with Crippen LogP contribution in [-0.2, 0) is 24.2 Å². The van der Waals surface area contributed by atoms with Crippen molar-refractivity contribution in [2.24, 2.45) is 5.10 Å². The van der Waals surface area contributed by atoms with E-state index in [2.05, 4.69) is 10.1 Å². The van der Waals surface area contributed by atoms with Crippen LogP contribution >= 0.6 is 22.9 Å². The third-order valence-corrected chi connectivity index (χ3v) is 6.30. The Hall–Kier alpha value is -2.22. The van der Waals surface area contributed by atoms with Gasteiger partial charge < -0.3 is 9.47 Å². The van der Waals surface area contributed by atoms with Crippen molar-refractivity contribution in [2.75, 3.05) is 6.79 Å². The number of benzene rings is 1. The molecule has 1 aromatic carbocycles. The summed E-state index contributed by atoms with van der Waals surface area (Å²) < 4.78 is 12.2. The van der Waals surface area contributed by atoms with Crippen molar-refractivity contribution in [3.05, 3.63) is 55.4 Å². The van der Waals surface area contributed by atoms with Gasteiger partial charge in [-0.2, -0.15) is 9.78 Å². The Labute approximate surface area is 164 Å². The second kappa shape index (κ2) is 6.74. The van der Waals surface area contributed by atoms with Crippen LogP contribution in [0.15, 0.2) is 28.4 Å². The van der Waals surface area contributed by atoms with Gasteiger partial charge >= 0.3 is 0 Å². The highest BCUT2D eigenvalue weighted by atomic mass is 35.5. The standard InChI is InChI=1S/C19H16ClN3O3S/c20-13-5-11(17-12(6-13)8-25-10-26-17)7-22-23-9-21-18-16(19(23)24)14-3-1-2-4-15(14)27-18/h5-7,9H,1-4,8,10H2/b22-7-. The van der Waals surface area contributed by atoms with E-state index in [-0.39, 0.29) is 12.4 Å². The van der Waals surface area contributed by atoms with Gasteiger partial charge in [-0.3, -0.25) is 4.79 Å².